The van der Waals surface area contributed by atoms with Crippen LogP contribution in [0.15, 0.2) is 0 Å². The van der Waals surface area contributed by atoms with Crippen LogP contribution >= 0.6 is 0 Å². The number of hydrogen-bond donors (Lipinski definition) is 4. The Labute approximate surface area is 56.9 Å². The highest BCUT2D eigenvalue weighted by Crippen LogP contribution is 1.56. The topological polar surface area (TPSA) is 121 Å². The van der Waals surface area contributed by atoms with Gasteiger partial charge in [0.15, 0.2) is 0 Å². The molecule has 60 valence electrons. The minimum Gasteiger partial charge on any atom is -0.473 e. The van der Waals surface area contributed by atoms with Gasteiger partial charge in [-0.3, -0.25) is 0 Å². The summed E-state index contributed by atoms with van der Waals surface area (Å²) in [5.41, 5.74) is 4.67. The van der Waals surface area contributed by atoms with E-state index in [0.717, 1.165) is 0 Å². The number of carboxylic acids is 2. The van der Waals surface area contributed by atoms with Gasteiger partial charge in [-0.15, -0.1) is 0 Å². The van der Waals surface area contributed by atoms with Crippen molar-refractivity contribution in [1.29, 1.82) is 0 Å². The molecule has 0 spiro atoms. The van der Waals surface area contributed by atoms with Gasteiger partial charge in [0, 0.05) is 0 Å². The fourth-order valence-corrected chi connectivity index (χ4v) is 0. The van der Waals surface area contributed by atoms with Crippen LogP contribution in [-0.4, -0.2) is 33.5 Å². The van der Waals surface area contributed by atoms with E-state index in [1.807, 2.05) is 0 Å². The quantitative estimate of drug-likeness (QED) is 0.245. The van der Waals surface area contributed by atoms with Crippen molar-refractivity contribution < 1.29 is 24.9 Å². The standard InChI is InChI=1S/C2H7NO.C2H2O4/c1-2(3)4;3-1(4)2(5)6/h2,4H,3H2,1H3;(H,3,4)(H,5,6). The van der Waals surface area contributed by atoms with Gasteiger partial charge in [0.1, 0.15) is 0 Å². The highest BCUT2D eigenvalue weighted by molar-refractivity contribution is 6.27. The average molecular weight is 151 g/mol. The monoisotopic (exact) mass is 151 g/mol. The summed E-state index contributed by atoms with van der Waals surface area (Å²) in [5, 5.41) is 22.6. The molecule has 0 amide bonds. The van der Waals surface area contributed by atoms with Crippen LogP contribution < -0.4 is 5.73 Å². The molecule has 6 heteroatoms. The van der Waals surface area contributed by atoms with Gasteiger partial charge in [-0.25, -0.2) is 9.59 Å². The second-order valence-corrected chi connectivity index (χ2v) is 1.35. The molecule has 6 nitrogen and oxygen atoms in total. The van der Waals surface area contributed by atoms with Gasteiger partial charge < -0.3 is 21.1 Å². The van der Waals surface area contributed by atoms with Crippen LogP contribution in [-0.2, 0) is 9.59 Å². The Kier molecular flexibility index (Phi) is 6.96. The van der Waals surface area contributed by atoms with Crippen molar-refractivity contribution in [3.8, 4) is 0 Å². The molecule has 0 aliphatic carbocycles. The molecule has 0 aromatic rings. The third-order valence-corrected chi connectivity index (χ3v) is 0.183. The lowest BCUT2D eigenvalue weighted by Crippen LogP contribution is -2.11. The molecular weight excluding hydrogens is 142 g/mol. The van der Waals surface area contributed by atoms with E-state index in [1.165, 1.54) is 6.92 Å². The van der Waals surface area contributed by atoms with Crippen molar-refractivity contribution >= 4 is 11.9 Å². The zero-order valence-electron chi connectivity index (χ0n) is 5.31. The molecule has 0 rings (SSSR count). The zero-order valence-corrected chi connectivity index (χ0v) is 5.31. The molecule has 0 aromatic carbocycles. The van der Waals surface area contributed by atoms with Crippen LogP contribution in [0.2, 0.25) is 0 Å². The molecule has 5 N–H and O–H groups in total. The van der Waals surface area contributed by atoms with Crippen LogP contribution in [0, 0.1) is 0 Å². The van der Waals surface area contributed by atoms with E-state index in [9.17, 15) is 0 Å². The van der Waals surface area contributed by atoms with Crippen molar-refractivity contribution in [2.45, 2.75) is 13.2 Å². The minimum absolute atomic E-state index is 0.667. The van der Waals surface area contributed by atoms with E-state index in [1.54, 1.807) is 0 Å². The van der Waals surface area contributed by atoms with Gasteiger partial charge in [-0.05, 0) is 6.92 Å². The molecule has 0 fully saturated rings. The first-order valence-electron chi connectivity index (χ1n) is 2.27. The third-order valence-electron chi connectivity index (χ3n) is 0.183. The van der Waals surface area contributed by atoms with Gasteiger partial charge in [0.2, 0.25) is 0 Å². The molecule has 0 bridgehead atoms. The summed E-state index contributed by atoms with van der Waals surface area (Å²) < 4.78 is 0. The second kappa shape index (κ2) is 5.99. The SMILES string of the molecule is CC(N)O.O=C(O)C(=O)O. The maximum Gasteiger partial charge on any atom is 0.414 e. The van der Waals surface area contributed by atoms with E-state index >= 15 is 0 Å². The first-order valence-corrected chi connectivity index (χ1v) is 2.27. The molecule has 10 heavy (non-hydrogen) atoms. The summed E-state index contributed by atoms with van der Waals surface area (Å²) in [6.45, 7) is 1.50. The Bertz CT molecular complexity index is 106. The molecule has 0 aromatic heterocycles. The molecule has 0 heterocycles. The van der Waals surface area contributed by atoms with Crippen LogP contribution in [0.1, 0.15) is 6.92 Å². The summed E-state index contributed by atoms with van der Waals surface area (Å²) in [7, 11) is 0. The number of carbonyl (C=O) groups is 2. The van der Waals surface area contributed by atoms with Crippen LogP contribution in [0.25, 0.3) is 0 Å². The van der Waals surface area contributed by atoms with Gasteiger partial charge in [-0.2, -0.15) is 0 Å². The van der Waals surface area contributed by atoms with Crippen LogP contribution in [0.4, 0.5) is 0 Å². The summed E-state index contributed by atoms with van der Waals surface area (Å²) in [6.07, 6.45) is -0.667. The molecule has 1 unspecified atom stereocenters. The Morgan fingerprint density at radius 2 is 1.40 bits per heavy atom. The number of aliphatic carboxylic acids is 2. The normalized spacial score (nSPS) is 10.7. The van der Waals surface area contributed by atoms with Gasteiger partial charge >= 0.3 is 11.9 Å². The number of aliphatic hydroxyl groups is 1. The molecular formula is C4H9NO5. The Morgan fingerprint density at radius 1 is 1.30 bits per heavy atom. The Hall–Kier alpha value is -1.14. The minimum atomic E-state index is -1.82. The molecule has 1 atom stereocenters. The first kappa shape index (κ1) is 11.6. The molecule has 0 aliphatic rings. The number of nitrogens with two attached hydrogens (primary N) is 1. The molecule has 0 saturated heterocycles. The first-order chi connectivity index (χ1) is 4.37. The summed E-state index contributed by atoms with van der Waals surface area (Å²) in [5.74, 6) is -3.65. The van der Waals surface area contributed by atoms with Crippen LogP contribution in [0.5, 0.6) is 0 Å². The average Bonchev–Trinajstić information content (AvgIpc) is 1.63. The fourth-order valence-electron chi connectivity index (χ4n) is 0. The van der Waals surface area contributed by atoms with Crippen LogP contribution in [0.3, 0.4) is 0 Å². The number of rotatable bonds is 0. The van der Waals surface area contributed by atoms with E-state index in [2.05, 4.69) is 5.73 Å². The maximum absolute atomic E-state index is 9.10. The van der Waals surface area contributed by atoms with Crippen molar-refractivity contribution in [3.05, 3.63) is 0 Å². The van der Waals surface area contributed by atoms with Gasteiger partial charge in [0.05, 0.1) is 6.23 Å². The lowest BCUT2D eigenvalue weighted by Gasteiger charge is -1.82. The predicted octanol–water partition coefficient (Wildman–Crippen LogP) is -1.56. The largest absolute Gasteiger partial charge is 0.473 e. The van der Waals surface area contributed by atoms with E-state index in [4.69, 9.17) is 24.9 Å². The van der Waals surface area contributed by atoms with Crippen molar-refractivity contribution in [2.24, 2.45) is 5.73 Å². The smallest absolute Gasteiger partial charge is 0.414 e. The van der Waals surface area contributed by atoms with E-state index in [0.29, 0.717) is 0 Å². The van der Waals surface area contributed by atoms with Gasteiger partial charge in [0.25, 0.3) is 0 Å². The van der Waals surface area contributed by atoms with Crippen molar-refractivity contribution in [3.63, 3.8) is 0 Å². The fraction of sp³-hybridized carbons (Fsp3) is 0.500. The summed E-state index contributed by atoms with van der Waals surface area (Å²) in [6, 6.07) is 0. The number of carboxylic acid groups (broad SMARTS) is 2. The van der Waals surface area contributed by atoms with E-state index < -0.39 is 18.2 Å². The lowest BCUT2D eigenvalue weighted by atomic mass is 10.7. The van der Waals surface area contributed by atoms with Gasteiger partial charge in [-0.1, -0.05) is 0 Å². The maximum atomic E-state index is 9.10. The number of hydrogen-bond acceptors (Lipinski definition) is 4. The summed E-state index contributed by atoms with van der Waals surface area (Å²) in [4.78, 5) is 18.2. The van der Waals surface area contributed by atoms with Crippen molar-refractivity contribution in [2.75, 3.05) is 0 Å². The highest BCUT2D eigenvalue weighted by atomic mass is 16.4. The van der Waals surface area contributed by atoms with E-state index in [-0.39, 0.29) is 0 Å². The predicted molar refractivity (Wildman–Crippen MR) is 31.1 cm³/mol. The Morgan fingerprint density at radius 3 is 1.40 bits per heavy atom. The van der Waals surface area contributed by atoms with Crippen molar-refractivity contribution in [1.82, 2.24) is 0 Å². The molecule has 0 radical (unpaired) electrons. The molecule has 0 saturated carbocycles. The lowest BCUT2D eigenvalue weighted by molar-refractivity contribution is -0.159. The number of aliphatic hydroxyl groups excluding tert-OH is 1. The second-order valence-electron chi connectivity index (χ2n) is 1.35. The zero-order chi connectivity index (χ0) is 8.73. The highest BCUT2D eigenvalue weighted by Gasteiger charge is 2.04. The summed E-state index contributed by atoms with van der Waals surface area (Å²) >= 11 is 0. The Balaban J connectivity index is 0. The third kappa shape index (κ3) is 28.8. The molecule has 0 aliphatic heterocycles.